The Morgan fingerprint density at radius 1 is 0.350 bits per heavy atom. The first kappa shape index (κ1) is 24.8. The lowest BCUT2D eigenvalue weighted by molar-refractivity contribution is 1.25. The number of para-hydroxylation sites is 6. The smallest absolute Gasteiger partial charge is 0.0645 e. The van der Waals surface area contributed by atoms with Crippen LogP contribution in [0, 0.1) is 13.8 Å². The predicted molar refractivity (Wildman–Crippen MR) is 255 cm³/mol. The fourth-order valence-electron chi connectivity index (χ4n) is 9.82. The van der Waals surface area contributed by atoms with Crippen molar-refractivity contribution in [2.75, 3.05) is 9.80 Å². The average molecular weight is 777 g/mol. The largest absolute Gasteiger partial charge is 0.310 e. The van der Waals surface area contributed by atoms with Crippen LogP contribution >= 0.6 is 0 Å². The van der Waals surface area contributed by atoms with Gasteiger partial charge in [0.05, 0.1) is 46.8 Å². The van der Waals surface area contributed by atoms with Gasteiger partial charge in [-0.3, -0.25) is 0 Å². The molecule has 13 aromatic rings. The quantitative estimate of drug-likeness (QED) is 0.167. The third kappa shape index (κ3) is 4.50. The summed E-state index contributed by atoms with van der Waals surface area (Å²) in [6, 6.07) is 41.2. The molecule has 4 heterocycles. The molecule has 0 saturated carbocycles. The van der Waals surface area contributed by atoms with Crippen molar-refractivity contribution < 1.29 is 13.7 Å². The Hall–Kier alpha value is -7.82. The molecule has 0 atom stereocenters. The fourth-order valence-corrected chi connectivity index (χ4v) is 9.82. The molecule has 0 aliphatic rings. The first-order chi connectivity index (χ1) is 33.8. The van der Waals surface area contributed by atoms with Crippen molar-refractivity contribution in [3.63, 3.8) is 0 Å². The van der Waals surface area contributed by atoms with Gasteiger partial charge in [-0.05, 0) is 110 Å². The third-order valence-corrected chi connectivity index (χ3v) is 12.4. The molecule has 0 radical (unpaired) electrons. The Balaban J connectivity index is 1.03. The van der Waals surface area contributed by atoms with Crippen LogP contribution in [0.1, 0.15) is 24.8 Å². The zero-order valence-corrected chi connectivity index (χ0v) is 32.5. The van der Waals surface area contributed by atoms with Gasteiger partial charge in [0.25, 0.3) is 0 Å². The van der Waals surface area contributed by atoms with Crippen LogP contribution in [0.2, 0.25) is 0 Å². The number of hydrogen-bond donors (Lipinski definition) is 0. The Morgan fingerprint density at radius 2 is 0.733 bits per heavy atom. The monoisotopic (exact) mass is 776 g/mol. The van der Waals surface area contributed by atoms with Crippen LogP contribution in [0.3, 0.4) is 0 Å². The van der Waals surface area contributed by atoms with Gasteiger partial charge < -0.3 is 18.6 Å². The second kappa shape index (κ2) is 12.3. The zero-order chi connectivity index (χ0) is 48.3. The number of nitrogens with zero attached hydrogens (tertiary/aromatic N) is 4. The van der Waals surface area contributed by atoms with Crippen LogP contribution in [0.25, 0.3) is 76.2 Å². The Kier molecular flexibility index (Phi) is 5.11. The minimum absolute atomic E-state index is 0.0802. The standard InChI is InChI=1S/C56H38N4/c1-35-15-9-11-25-49(35)57(37-17-5-3-6-18-37)39-27-29-51-45(31-39)41-21-13-23-43-47-34-54-48(33-53(47)59(51)55(41)43)44-24-14-22-42-46-32-40(28-30-52(46)60(54)56(42)44)58(38-19-7-4-8-20-38)50-26-12-10-16-36(50)2/h3-34H,1-2H3/i3D,4D,5D,6D,7D,8D,17D,18D,19D,20D. The summed E-state index contributed by atoms with van der Waals surface area (Å²) in [5, 5.41) is 8.29. The van der Waals surface area contributed by atoms with E-state index in [-0.39, 0.29) is 35.5 Å². The topological polar surface area (TPSA) is 15.3 Å². The average Bonchev–Trinajstić information content (AvgIpc) is 4.10. The molecule has 60 heavy (non-hydrogen) atoms. The summed E-state index contributed by atoms with van der Waals surface area (Å²) in [6.45, 7) is 3.90. The van der Waals surface area contributed by atoms with E-state index in [0.29, 0.717) is 22.7 Å². The number of fused-ring (bicyclic) bond motifs is 12. The summed E-state index contributed by atoms with van der Waals surface area (Å²) in [6.07, 6.45) is 0. The van der Waals surface area contributed by atoms with Gasteiger partial charge in [0.2, 0.25) is 0 Å². The lowest BCUT2D eigenvalue weighted by Gasteiger charge is -2.27. The third-order valence-electron chi connectivity index (χ3n) is 12.4. The summed E-state index contributed by atoms with van der Waals surface area (Å²) in [4.78, 5) is 3.57. The highest BCUT2D eigenvalue weighted by Gasteiger charge is 2.24. The molecule has 282 valence electrons. The van der Waals surface area contributed by atoms with Gasteiger partial charge in [-0.2, -0.15) is 0 Å². The van der Waals surface area contributed by atoms with Crippen LogP contribution in [0.4, 0.5) is 34.1 Å². The van der Waals surface area contributed by atoms with E-state index in [1.807, 2.05) is 74.5 Å². The minimum atomic E-state index is -0.441. The van der Waals surface area contributed by atoms with Crippen molar-refractivity contribution in [3.05, 3.63) is 205 Å². The van der Waals surface area contributed by atoms with Gasteiger partial charge in [0.1, 0.15) is 0 Å². The van der Waals surface area contributed by atoms with E-state index in [9.17, 15) is 0 Å². The molecule has 0 bridgehead atoms. The van der Waals surface area contributed by atoms with Crippen molar-refractivity contribution >= 4 is 110 Å². The maximum absolute atomic E-state index is 9.01. The van der Waals surface area contributed by atoms with Crippen molar-refractivity contribution in [1.29, 1.82) is 0 Å². The highest BCUT2D eigenvalue weighted by atomic mass is 15.2. The molecule has 0 saturated heterocycles. The molecule has 4 aromatic heterocycles. The molecule has 0 N–H and O–H groups in total. The molecule has 4 nitrogen and oxygen atoms in total. The van der Waals surface area contributed by atoms with E-state index in [0.717, 1.165) is 87.3 Å². The number of anilines is 6. The van der Waals surface area contributed by atoms with E-state index >= 15 is 0 Å². The number of aromatic nitrogens is 2. The van der Waals surface area contributed by atoms with Crippen molar-refractivity contribution in [3.8, 4) is 0 Å². The summed E-state index contributed by atoms with van der Waals surface area (Å²) in [5.74, 6) is 0. The van der Waals surface area contributed by atoms with E-state index < -0.39 is 36.3 Å². The molecule has 0 unspecified atom stereocenters. The van der Waals surface area contributed by atoms with Crippen molar-refractivity contribution in [2.45, 2.75) is 13.8 Å². The molecular weight excluding hydrogens is 729 g/mol. The first-order valence-corrected chi connectivity index (χ1v) is 20.0. The molecule has 0 aliphatic carbocycles. The number of hydrogen-bond acceptors (Lipinski definition) is 2. The highest BCUT2D eigenvalue weighted by Crippen LogP contribution is 2.47. The molecule has 13 rings (SSSR count). The van der Waals surface area contributed by atoms with E-state index in [1.165, 1.54) is 0 Å². The van der Waals surface area contributed by atoms with Gasteiger partial charge in [-0.15, -0.1) is 0 Å². The molecule has 4 heteroatoms. The van der Waals surface area contributed by atoms with Crippen LogP contribution < -0.4 is 9.80 Å². The summed E-state index contributed by atoms with van der Waals surface area (Å²) in [5.41, 5.74) is 10.8. The SMILES string of the molecule is [2H]c1c([2H])c([2H])c(N(c2ccc3c(c2)c2cccc4c5cc6c(cc5n3c24)c2cccc3c4cc(N(c5ccccc5C)c5c([2H])c([2H])c([2H])c([2H])c5[2H])ccc4n6c32)c2ccccc2C)c([2H])c1[2H]. The molecule has 9 aromatic carbocycles. The zero-order valence-electron chi connectivity index (χ0n) is 42.5. The van der Waals surface area contributed by atoms with Crippen LogP contribution in [-0.2, 0) is 0 Å². The maximum Gasteiger partial charge on any atom is 0.0645 e. The normalized spacial score (nSPS) is 14.5. The van der Waals surface area contributed by atoms with Crippen LogP contribution in [0.15, 0.2) is 194 Å². The van der Waals surface area contributed by atoms with Crippen LogP contribution in [-0.4, -0.2) is 8.80 Å². The lowest BCUT2D eigenvalue weighted by Crippen LogP contribution is -2.11. The molecule has 0 aliphatic heterocycles. The van der Waals surface area contributed by atoms with E-state index in [1.54, 1.807) is 9.80 Å². The highest BCUT2D eigenvalue weighted by molar-refractivity contribution is 6.29. The first-order valence-electron chi connectivity index (χ1n) is 25.0. The Morgan fingerprint density at radius 3 is 1.13 bits per heavy atom. The molecule has 0 amide bonds. The predicted octanol–water partition coefficient (Wildman–Crippen LogP) is 15.5. The summed E-state index contributed by atoms with van der Waals surface area (Å²) in [7, 11) is 0. The maximum atomic E-state index is 9.01. The Bertz CT molecular complexity index is 4080. The van der Waals surface area contributed by atoms with Gasteiger partial charge in [0.15, 0.2) is 0 Å². The number of rotatable bonds is 6. The van der Waals surface area contributed by atoms with E-state index in [2.05, 4.69) is 81.6 Å². The molecule has 0 fully saturated rings. The summed E-state index contributed by atoms with van der Waals surface area (Å²) < 4.78 is 91.6. The number of aryl methyl sites for hydroxylation is 2. The fraction of sp³-hybridized carbons (Fsp3) is 0.0357. The Labute approximate surface area is 360 Å². The van der Waals surface area contributed by atoms with Gasteiger partial charge in [0, 0.05) is 77.2 Å². The summed E-state index contributed by atoms with van der Waals surface area (Å²) >= 11 is 0. The second-order valence-electron chi connectivity index (χ2n) is 15.6. The second-order valence-corrected chi connectivity index (χ2v) is 15.6. The molecule has 0 spiro atoms. The van der Waals surface area contributed by atoms with Gasteiger partial charge >= 0.3 is 0 Å². The van der Waals surface area contributed by atoms with Gasteiger partial charge in [-0.1, -0.05) is 109 Å². The van der Waals surface area contributed by atoms with Gasteiger partial charge in [-0.25, -0.2) is 0 Å². The number of benzene rings is 9. The lowest BCUT2D eigenvalue weighted by atomic mass is 10.0. The van der Waals surface area contributed by atoms with Crippen LogP contribution in [0.5, 0.6) is 0 Å². The minimum Gasteiger partial charge on any atom is -0.310 e. The van der Waals surface area contributed by atoms with Crippen molar-refractivity contribution in [1.82, 2.24) is 8.80 Å². The molecular formula is C56H38N4. The van der Waals surface area contributed by atoms with E-state index in [4.69, 9.17) is 13.7 Å². The van der Waals surface area contributed by atoms with Crippen molar-refractivity contribution in [2.24, 2.45) is 0 Å².